The molecular weight excluding hydrogens is 144 g/mol. The Balaban J connectivity index is 2.41. The van der Waals surface area contributed by atoms with Gasteiger partial charge in [0.05, 0.1) is 0 Å². The van der Waals surface area contributed by atoms with Crippen LogP contribution in [0.1, 0.15) is 6.42 Å². The Hall–Kier alpha value is -0.610. The number of nitrogens with one attached hydrogen (secondary N) is 1. The second-order valence-electron chi connectivity index (χ2n) is 3.15. The Morgan fingerprint density at radius 1 is 1.64 bits per heavy atom. The fourth-order valence-corrected chi connectivity index (χ4v) is 1.30. The Morgan fingerprint density at radius 3 is 2.55 bits per heavy atom. The molecule has 0 unspecified atom stereocenters. The number of hydrogen-bond donors (Lipinski definition) is 2. The molecule has 1 aliphatic heterocycles. The molecule has 0 spiro atoms. The summed E-state index contributed by atoms with van der Waals surface area (Å²) in [7, 11) is 3.94. The van der Waals surface area contributed by atoms with Gasteiger partial charge in [-0.3, -0.25) is 4.79 Å². The maximum Gasteiger partial charge on any atom is 0.320 e. The van der Waals surface area contributed by atoms with Gasteiger partial charge in [-0.05, 0) is 20.5 Å². The van der Waals surface area contributed by atoms with E-state index in [1.54, 1.807) is 0 Å². The molecule has 11 heavy (non-hydrogen) atoms. The van der Waals surface area contributed by atoms with Crippen LogP contribution in [0.2, 0.25) is 0 Å². The van der Waals surface area contributed by atoms with Gasteiger partial charge in [0, 0.05) is 12.6 Å². The monoisotopic (exact) mass is 158 g/mol. The molecule has 0 aromatic rings. The first-order valence-corrected chi connectivity index (χ1v) is 3.74. The van der Waals surface area contributed by atoms with E-state index in [2.05, 4.69) is 10.2 Å². The SMILES string of the molecule is CN(C)[C@H]1CN[C@H](C(=O)O)C1. The summed E-state index contributed by atoms with van der Waals surface area (Å²) in [5.41, 5.74) is 0. The lowest BCUT2D eigenvalue weighted by Gasteiger charge is -2.16. The predicted octanol–water partition coefficient (Wildman–Crippen LogP) is -0.637. The molecule has 1 fully saturated rings. The maximum atomic E-state index is 10.5. The van der Waals surface area contributed by atoms with Crippen LogP contribution >= 0.6 is 0 Å². The highest BCUT2D eigenvalue weighted by Crippen LogP contribution is 2.10. The molecule has 2 N–H and O–H groups in total. The second kappa shape index (κ2) is 3.19. The Labute approximate surface area is 66.2 Å². The predicted molar refractivity (Wildman–Crippen MR) is 41.5 cm³/mol. The van der Waals surface area contributed by atoms with Crippen molar-refractivity contribution in [3.63, 3.8) is 0 Å². The lowest BCUT2D eigenvalue weighted by Crippen LogP contribution is -2.30. The van der Waals surface area contributed by atoms with E-state index in [0.717, 1.165) is 6.54 Å². The first-order chi connectivity index (χ1) is 5.11. The topological polar surface area (TPSA) is 52.6 Å². The zero-order valence-corrected chi connectivity index (χ0v) is 6.87. The van der Waals surface area contributed by atoms with E-state index < -0.39 is 5.97 Å². The third-order valence-electron chi connectivity index (χ3n) is 2.14. The minimum absolute atomic E-state index is 0.345. The molecule has 0 amide bonds. The normalized spacial score (nSPS) is 31.2. The van der Waals surface area contributed by atoms with E-state index in [1.165, 1.54) is 0 Å². The van der Waals surface area contributed by atoms with Crippen LogP contribution in [0.25, 0.3) is 0 Å². The molecule has 1 rings (SSSR count). The lowest BCUT2D eigenvalue weighted by atomic mass is 10.1. The van der Waals surface area contributed by atoms with Crippen LogP contribution in [0.5, 0.6) is 0 Å². The van der Waals surface area contributed by atoms with Gasteiger partial charge in [-0.25, -0.2) is 0 Å². The van der Waals surface area contributed by atoms with Gasteiger partial charge in [0.2, 0.25) is 0 Å². The number of rotatable bonds is 2. The summed E-state index contributed by atoms with van der Waals surface area (Å²) in [6.45, 7) is 0.782. The van der Waals surface area contributed by atoms with Crippen LogP contribution in [0.4, 0.5) is 0 Å². The summed E-state index contributed by atoms with van der Waals surface area (Å²) in [6.07, 6.45) is 0.711. The summed E-state index contributed by atoms with van der Waals surface area (Å²) in [5, 5.41) is 11.6. The number of carbonyl (C=O) groups is 1. The van der Waals surface area contributed by atoms with Gasteiger partial charge in [-0.1, -0.05) is 0 Å². The number of carboxylic acids is 1. The summed E-state index contributed by atoms with van der Waals surface area (Å²) in [5.74, 6) is -0.741. The highest BCUT2D eigenvalue weighted by atomic mass is 16.4. The summed E-state index contributed by atoms with van der Waals surface area (Å²) >= 11 is 0. The zero-order chi connectivity index (χ0) is 8.43. The molecule has 4 nitrogen and oxygen atoms in total. The van der Waals surface area contributed by atoms with E-state index in [0.29, 0.717) is 12.5 Å². The molecule has 0 bridgehead atoms. The highest BCUT2D eigenvalue weighted by Gasteiger charge is 2.29. The molecule has 2 atom stereocenters. The molecule has 64 valence electrons. The van der Waals surface area contributed by atoms with Gasteiger partial charge < -0.3 is 15.3 Å². The average molecular weight is 158 g/mol. The third-order valence-corrected chi connectivity index (χ3v) is 2.14. The van der Waals surface area contributed by atoms with Crippen molar-refractivity contribution in [2.24, 2.45) is 0 Å². The number of hydrogen-bond acceptors (Lipinski definition) is 3. The van der Waals surface area contributed by atoms with Gasteiger partial charge in [-0.15, -0.1) is 0 Å². The number of nitrogens with zero attached hydrogens (tertiary/aromatic N) is 1. The van der Waals surface area contributed by atoms with Crippen molar-refractivity contribution in [2.75, 3.05) is 20.6 Å². The molecule has 1 saturated heterocycles. The fraction of sp³-hybridized carbons (Fsp3) is 0.857. The molecule has 4 heteroatoms. The second-order valence-corrected chi connectivity index (χ2v) is 3.15. The van der Waals surface area contributed by atoms with E-state index in [4.69, 9.17) is 5.11 Å². The molecule has 0 aliphatic carbocycles. The molecule has 1 aliphatic rings. The minimum atomic E-state index is -0.741. The van der Waals surface area contributed by atoms with E-state index in [-0.39, 0.29) is 6.04 Å². The Kier molecular flexibility index (Phi) is 2.46. The lowest BCUT2D eigenvalue weighted by molar-refractivity contribution is -0.139. The third kappa shape index (κ3) is 1.91. The molecule has 0 saturated carbocycles. The van der Waals surface area contributed by atoms with E-state index >= 15 is 0 Å². The summed E-state index contributed by atoms with van der Waals surface area (Å²) in [6, 6.07) is 0.0264. The van der Waals surface area contributed by atoms with Crippen LogP contribution in [-0.2, 0) is 4.79 Å². The van der Waals surface area contributed by atoms with Crippen LogP contribution in [0.3, 0.4) is 0 Å². The zero-order valence-electron chi connectivity index (χ0n) is 6.87. The highest BCUT2D eigenvalue weighted by molar-refractivity contribution is 5.73. The Morgan fingerprint density at radius 2 is 2.27 bits per heavy atom. The van der Waals surface area contributed by atoms with Gasteiger partial charge in [0.15, 0.2) is 0 Å². The first kappa shape index (κ1) is 8.49. The van der Waals surface area contributed by atoms with Crippen molar-refractivity contribution in [3.8, 4) is 0 Å². The fourth-order valence-electron chi connectivity index (χ4n) is 1.30. The van der Waals surface area contributed by atoms with Crippen LogP contribution < -0.4 is 5.32 Å². The van der Waals surface area contributed by atoms with Crippen molar-refractivity contribution >= 4 is 5.97 Å². The number of aliphatic carboxylic acids is 1. The standard InChI is InChI=1S/C7H14N2O2/c1-9(2)5-3-6(7(10)11)8-4-5/h5-6,8H,3-4H2,1-2H3,(H,10,11)/t5-,6+/m1/s1. The van der Waals surface area contributed by atoms with Crippen molar-refractivity contribution in [3.05, 3.63) is 0 Å². The summed E-state index contributed by atoms with van der Waals surface area (Å²) < 4.78 is 0. The van der Waals surface area contributed by atoms with Crippen LogP contribution in [-0.4, -0.2) is 48.7 Å². The van der Waals surface area contributed by atoms with Gasteiger partial charge in [0.25, 0.3) is 0 Å². The van der Waals surface area contributed by atoms with Gasteiger partial charge in [-0.2, -0.15) is 0 Å². The molecular formula is C7H14N2O2. The number of likely N-dealkylation sites (N-methyl/N-ethyl adjacent to an activating group) is 1. The first-order valence-electron chi connectivity index (χ1n) is 3.74. The quantitative estimate of drug-likeness (QED) is 0.561. The molecule has 0 radical (unpaired) electrons. The van der Waals surface area contributed by atoms with Gasteiger partial charge >= 0.3 is 5.97 Å². The van der Waals surface area contributed by atoms with E-state index in [9.17, 15) is 4.79 Å². The smallest absolute Gasteiger partial charge is 0.320 e. The summed E-state index contributed by atoms with van der Waals surface area (Å²) in [4.78, 5) is 12.5. The minimum Gasteiger partial charge on any atom is -0.480 e. The average Bonchev–Trinajstić information content (AvgIpc) is 2.33. The van der Waals surface area contributed by atoms with Crippen molar-refractivity contribution in [2.45, 2.75) is 18.5 Å². The van der Waals surface area contributed by atoms with Gasteiger partial charge in [0.1, 0.15) is 6.04 Å². The molecule has 0 aromatic heterocycles. The number of carboxylic acid groups (broad SMARTS) is 1. The molecule has 0 aromatic carbocycles. The van der Waals surface area contributed by atoms with Crippen molar-refractivity contribution in [1.82, 2.24) is 10.2 Å². The van der Waals surface area contributed by atoms with Crippen molar-refractivity contribution in [1.29, 1.82) is 0 Å². The largest absolute Gasteiger partial charge is 0.480 e. The van der Waals surface area contributed by atoms with E-state index in [1.807, 2.05) is 14.1 Å². The molecule has 1 heterocycles. The Bertz CT molecular complexity index is 159. The maximum absolute atomic E-state index is 10.5. The van der Waals surface area contributed by atoms with Crippen molar-refractivity contribution < 1.29 is 9.90 Å². The van der Waals surface area contributed by atoms with Crippen LogP contribution in [0, 0.1) is 0 Å². The van der Waals surface area contributed by atoms with Crippen LogP contribution in [0.15, 0.2) is 0 Å².